The molecule has 1 aromatic rings. The maximum Gasteiger partial charge on any atom is 0.257 e. The van der Waals surface area contributed by atoms with Crippen LogP contribution in [0.3, 0.4) is 0 Å². The second kappa shape index (κ2) is 10.4. The molecular formula is C24H40N4O2. The summed E-state index contributed by atoms with van der Waals surface area (Å²) in [5.74, 6) is 1.93. The van der Waals surface area contributed by atoms with Gasteiger partial charge in [-0.2, -0.15) is 0 Å². The SMILES string of the molecule is CCN(CC)C(=O)c1cnc(C(C)C)nc1C1CCC(CNC(=O)C(C)(C)C)CC1. The molecule has 2 amide bonds. The minimum atomic E-state index is -0.356. The van der Waals surface area contributed by atoms with Crippen LogP contribution in [0.2, 0.25) is 0 Å². The van der Waals surface area contributed by atoms with Crippen molar-refractivity contribution in [2.45, 2.75) is 86.0 Å². The molecule has 0 unspecified atom stereocenters. The molecule has 30 heavy (non-hydrogen) atoms. The first-order valence-electron chi connectivity index (χ1n) is 11.5. The van der Waals surface area contributed by atoms with E-state index in [0.29, 0.717) is 24.6 Å². The van der Waals surface area contributed by atoms with E-state index >= 15 is 0 Å². The lowest BCUT2D eigenvalue weighted by Crippen LogP contribution is -2.38. The molecule has 1 fully saturated rings. The molecule has 1 heterocycles. The number of amides is 2. The number of carbonyl (C=O) groups is 2. The van der Waals surface area contributed by atoms with Gasteiger partial charge in [-0.3, -0.25) is 9.59 Å². The van der Waals surface area contributed by atoms with Gasteiger partial charge >= 0.3 is 0 Å². The molecule has 0 atom stereocenters. The van der Waals surface area contributed by atoms with Gasteiger partial charge in [0.05, 0.1) is 11.3 Å². The Bertz CT molecular complexity index is 727. The van der Waals surface area contributed by atoms with Crippen molar-refractivity contribution in [1.82, 2.24) is 20.2 Å². The molecule has 1 aromatic heterocycles. The Balaban J connectivity index is 2.14. The van der Waals surface area contributed by atoms with Crippen LogP contribution in [0, 0.1) is 11.3 Å². The van der Waals surface area contributed by atoms with Gasteiger partial charge in [0, 0.05) is 43.1 Å². The van der Waals surface area contributed by atoms with E-state index in [4.69, 9.17) is 4.98 Å². The molecule has 6 heteroatoms. The third-order valence-corrected chi connectivity index (χ3v) is 6.10. The van der Waals surface area contributed by atoms with E-state index in [1.165, 1.54) is 0 Å². The Labute approximate surface area is 182 Å². The first-order chi connectivity index (χ1) is 14.1. The highest BCUT2D eigenvalue weighted by atomic mass is 16.2. The van der Waals surface area contributed by atoms with Gasteiger partial charge in [0.25, 0.3) is 5.91 Å². The largest absolute Gasteiger partial charge is 0.355 e. The van der Waals surface area contributed by atoms with Crippen LogP contribution in [0.5, 0.6) is 0 Å². The number of nitrogens with one attached hydrogen (secondary N) is 1. The predicted octanol–water partition coefficient (Wildman–Crippen LogP) is 4.52. The van der Waals surface area contributed by atoms with Crippen LogP contribution in [-0.4, -0.2) is 46.3 Å². The molecule has 2 rings (SSSR count). The maximum absolute atomic E-state index is 13.1. The Morgan fingerprint density at radius 2 is 1.73 bits per heavy atom. The van der Waals surface area contributed by atoms with Crippen molar-refractivity contribution in [2.75, 3.05) is 19.6 Å². The zero-order valence-corrected chi connectivity index (χ0v) is 19.9. The number of aromatic nitrogens is 2. The van der Waals surface area contributed by atoms with Gasteiger partial charge in [0.15, 0.2) is 0 Å². The average Bonchev–Trinajstić information content (AvgIpc) is 2.72. The zero-order chi connectivity index (χ0) is 22.5. The summed E-state index contributed by atoms with van der Waals surface area (Å²) in [6, 6.07) is 0. The summed E-state index contributed by atoms with van der Waals surface area (Å²) in [7, 11) is 0. The molecule has 0 aliphatic heterocycles. The molecule has 1 N–H and O–H groups in total. The normalized spacial score (nSPS) is 19.6. The average molecular weight is 417 g/mol. The number of rotatable bonds is 7. The molecule has 168 valence electrons. The summed E-state index contributed by atoms with van der Waals surface area (Å²) in [4.78, 5) is 36.4. The van der Waals surface area contributed by atoms with Crippen LogP contribution in [0.25, 0.3) is 0 Å². The number of hydrogen-bond acceptors (Lipinski definition) is 4. The van der Waals surface area contributed by atoms with Gasteiger partial charge in [-0.05, 0) is 45.4 Å². The summed E-state index contributed by atoms with van der Waals surface area (Å²) < 4.78 is 0. The number of nitrogens with zero attached hydrogens (tertiary/aromatic N) is 3. The summed E-state index contributed by atoms with van der Waals surface area (Å²) in [5, 5.41) is 3.11. The van der Waals surface area contributed by atoms with Crippen molar-refractivity contribution in [3.05, 3.63) is 23.3 Å². The number of hydrogen-bond donors (Lipinski definition) is 1. The van der Waals surface area contributed by atoms with Crippen molar-refractivity contribution in [1.29, 1.82) is 0 Å². The fraction of sp³-hybridized carbons (Fsp3) is 0.750. The van der Waals surface area contributed by atoms with Crippen molar-refractivity contribution in [2.24, 2.45) is 11.3 Å². The van der Waals surface area contributed by atoms with Crippen LogP contribution in [0.15, 0.2) is 6.20 Å². The van der Waals surface area contributed by atoms with E-state index in [1.54, 1.807) is 6.20 Å². The standard InChI is InChI=1S/C24H40N4O2/c1-8-28(9-2)22(29)19-15-25-21(16(3)4)27-20(19)18-12-10-17(11-13-18)14-26-23(30)24(5,6)7/h15-18H,8-14H2,1-7H3,(H,26,30). The molecule has 0 saturated heterocycles. The van der Waals surface area contributed by atoms with E-state index in [2.05, 4.69) is 24.1 Å². The quantitative estimate of drug-likeness (QED) is 0.709. The molecule has 0 aromatic carbocycles. The van der Waals surface area contributed by atoms with E-state index in [0.717, 1.165) is 43.7 Å². The molecule has 1 aliphatic rings. The predicted molar refractivity (Wildman–Crippen MR) is 121 cm³/mol. The van der Waals surface area contributed by atoms with Gasteiger partial charge in [0.1, 0.15) is 5.82 Å². The maximum atomic E-state index is 13.1. The van der Waals surface area contributed by atoms with Crippen molar-refractivity contribution in [3.63, 3.8) is 0 Å². The minimum absolute atomic E-state index is 0.0323. The summed E-state index contributed by atoms with van der Waals surface area (Å²) in [5.41, 5.74) is 1.22. The Morgan fingerprint density at radius 3 is 2.23 bits per heavy atom. The molecule has 0 radical (unpaired) electrons. The van der Waals surface area contributed by atoms with Gasteiger partial charge in [-0.1, -0.05) is 34.6 Å². The monoisotopic (exact) mass is 416 g/mol. The fourth-order valence-corrected chi connectivity index (χ4v) is 3.99. The van der Waals surface area contributed by atoms with Crippen LogP contribution in [0.4, 0.5) is 0 Å². The lowest BCUT2D eigenvalue weighted by molar-refractivity contribution is -0.128. The second-order valence-electron chi connectivity index (χ2n) is 9.84. The van der Waals surface area contributed by atoms with Crippen LogP contribution in [-0.2, 0) is 4.79 Å². The van der Waals surface area contributed by atoms with Gasteiger partial charge < -0.3 is 10.2 Å². The third kappa shape index (κ3) is 6.02. The van der Waals surface area contributed by atoms with Gasteiger partial charge in [-0.25, -0.2) is 9.97 Å². The lowest BCUT2D eigenvalue weighted by atomic mass is 9.79. The molecular weight excluding hydrogens is 376 g/mol. The zero-order valence-electron chi connectivity index (χ0n) is 19.9. The Kier molecular flexibility index (Phi) is 8.39. The lowest BCUT2D eigenvalue weighted by Gasteiger charge is -2.31. The van der Waals surface area contributed by atoms with Crippen LogP contribution >= 0.6 is 0 Å². The summed E-state index contributed by atoms with van der Waals surface area (Å²) in [6.07, 6.45) is 5.80. The van der Waals surface area contributed by atoms with Gasteiger partial charge in [0.2, 0.25) is 5.91 Å². The fourth-order valence-electron chi connectivity index (χ4n) is 3.99. The molecule has 0 spiro atoms. The van der Waals surface area contributed by atoms with E-state index in [9.17, 15) is 9.59 Å². The molecule has 6 nitrogen and oxygen atoms in total. The van der Waals surface area contributed by atoms with Crippen molar-refractivity contribution in [3.8, 4) is 0 Å². The first kappa shape index (κ1) is 24.3. The van der Waals surface area contributed by atoms with Crippen molar-refractivity contribution >= 4 is 11.8 Å². The van der Waals surface area contributed by atoms with E-state index < -0.39 is 0 Å². The Hall–Kier alpha value is -1.98. The molecule has 1 saturated carbocycles. The van der Waals surface area contributed by atoms with E-state index in [1.807, 2.05) is 39.5 Å². The topological polar surface area (TPSA) is 75.2 Å². The van der Waals surface area contributed by atoms with Crippen LogP contribution in [0.1, 0.15) is 108 Å². The smallest absolute Gasteiger partial charge is 0.257 e. The summed E-state index contributed by atoms with van der Waals surface area (Å²) >= 11 is 0. The molecule has 0 bridgehead atoms. The first-order valence-corrected chi connectivity index (χ1v) is 11.5. The molecule has 1 aliphatic carbocycles. The minimum Gasteiger partial charge on any atom is -0.355 e. The second-order valence-corrected chi connectivity index (χ2v) is 9.84. The summed E-state index contributed by atoms with van der Waals surface area (Å²) in [6.45, 7) is 16.1. The van der Waals surface area contributed by atoms with Gasteiger partial charge in [-0.15, -0.1) is 0 Å². The highest BCUT2D eigenvalue weighted by Crippen LogP contribution is 2.36. The Morgan fingerprint density at radius 1 is 1.13 bits per heavy atom. The highest BCUT2D eigenvalue weighted by molar-refractivity contribution is 5.95. The van der Waals surface area contributed by atoms with Crippen LogP contribution < -0.4 is 5.32 Å². The van der Waals surface area contributed by atoms with E-state index in [-0.39, 0.29) is 29.1 Å². The third-order valence-electron chi connectivity index (χ3n) is 6.10. The van der Waals surface area contributed by atoms with Crippen molar-refractivity contribution < 1.29 is 9.59 Å². The highest BCUT2D eigenvalue weighted by Gasteiger charge is 2.30. The number of carbonyl (C=O) groups excluding carboxylic acids is 2.